The molecule has 0 amide bonds. The molecule has 0 saturated carbocycles. The maximum absolute atomic E-state index is 13.0. The monoisotopic (exact) mass is 167 g/mol. The highest BCUT2D eigenvalue weighted by Gasteiger charge is 1.98. The number of hydrogen-bond donors (Lipinski definition) is 1. The minimum absolute atomic E-state index is 0.0893. The summed E-state index contributed by atoms with van der Waals surface area (Å²) in [6, 6.07) is 6.94. The minimum Gasteiger partial charge on any atom is -0.320 e. The predicted molar refractivity (Wildman–Crippen MR) is 48.6 cm³/mol. The Morgan fingerprint density at radius 3 is 2.75 bits per heavy atom. The van der Waals surface area contributed by atoms with Crippen molar-refractivity contribution in [1.82, 2.24) is 5.32 Å². The Hall–Kier alpha value is -0.890. The molecule has 0 aliphatic carbocycles. The topological polar surface area (TPSA) is 12.0 Å². The first-order valence-electron chi connectivity index (χ1n) is 4.22. The largest absolute Gasteiger partial charge is 0.320 e. The van der Waals surface area contributed by atoms with E-state index in [2.05, 4.69) is 5.32 Å². The molecular weight excluding hydrogens is 153 g/mol. The van der Waals surface area contributed by atoms with Gasteiger partial charge in [-0.05, 0) is 38.1 Å². The lowest BCUT2D eigenvalue weighted by Gasteiger charge is -2.01. The molecule has 0 radical (unpaired) electrons. The van der Waals surface area contributed by atoms with Crippen LogP contribution in [0.1, 0.15) is 12.0 Å². The van der Waals surface area contributed by atoms with Crippen molar-refractivity contribution in [1.29, 1.82) is 0 Å². The number of hydrogen-bond acceptors (Lipinski definition) is 1. The van der Waals surface area contributed by atoms with E-state index in [4.69, 9.17) is 0 Å². The van der Waals surface area contributed by atoms with Gasteiger partial charge in [0.25, 0.3) is 0 Å². The molecule has 0 bridgehead atoms. The van der Waals surface area contributed by atoms with Crippen LogP contribution in [0.15, 0.2) is 24.3 Å². The highest BCUT2D eigenvalue weighted by Crippen LogP contribution is 2.07. The van der Waals surface area contributed by atoms with Gasteiger partial charge in [0.1, 0.15) is 5.82 Å². The zero-order valence-corrected chi connectivity index (χ0v) is 7.31. The third-order valence-corrected chi connectivity index (χ3v) is 1.83. The van der Waals surface area contributed by atoms with Gasteiger partial charge in [-0.2, -0.15) is 0 Å². The van der Waals surface area contributed by atoms with Crippen LogP contribution in [0, 0.1) is 5.82 Å². The molecule has 1 aromatic carbocycles. The summed E-state index contributed by atoms with van der Waals surface area (Å²) in [5.41, 5.74) is 0.813. The van der Waals surface area contributed by atoms with E-state index < -0.39 is 0 Å². The van der Waals surface area contributed by atoms with E-state index in [0.29, 0.717) is 0 Å². The molecule has 1 rings (SSSR count). The molecule has 2 heteroatoms. The van der Waals surface area contributed by atoms with E-state index in [9.17, 15) is 4.39 Å². The number of aryl methyl sites for hydroxylation is 1. The van der Waals surface area contributed by atoms with E-state index >= 15 is 0 Å². The SMILES string of the molecule is CNCCCc1ccccc1F. The zero-order chi connectivity index (χ0) is 8.81. The van der Waals surface area contributed by atoms with Crippen molar-refractivity contribution >= 4 is 0 Å². The minimum atomic E-state index is -0.0893. The van der Waals surface area contributed by atoms with Crippen LogP contribution in [0.3, 0.4) is 0 Å². The Morgan fingerprint density at radius 1 is 1.33 bits per heavy atom. The van der Waals surface area contributed by atoms with Crippen LogP contribution in [0.5, 0.6) is 0 Å². The fourth-order valence-corrected chi connectivity index (χ4v) is 1.16. The third-order valence-electron chi connectivity index (χ3n) is 1.83. The molecule has 0 unspecified atom stereocenters. The van der Waals surface area contributed by atoms with Gasteiger partial charge in [0.05, 0.1) is 0 Å². The van der Waals surface area contributed by atoms with Gasteiger partial charge < -0.3 is 5.32 Å². The lowest BCUT2D eigenvalue weighted by molar-refractivity contribution is 0.601. The number of nitrogens with one attached hydrogen (secondary N) is 1. The second-order valence-electron chi connectivity index (χ2n) is 2.80. The van der Waals surface area contributed by atoms with Crippen molar-refractivity contribution in [2.75, 3.05) is 13.6 Å². The maximum atomic E-state index is 13.0. The standard InChI is InChI=1S/C10H14FN/c1-12-8-4-6-9-5-2-3-7-10(9)11/h2-3,5,7,12H,4,6,8H2,1H3. The third kappa shape index (κ3) is 2.62. The second kappa shape index (κ2) is 4.88. The van der Waals surface area contributed by atoms with Crippen molar-refractivity contribution in [2.24, 2.45) is 0 Å². The second-order valence-corrected chi connectivity index (χ2v) is 2.80. The van der Waals surface area contributed by atoms with Gasteiger partial charge in [-0.1, -0.05) is 18.2 Å². The lowest BCUT2D eigenvalue weighted by atomic mass is 10.1. The van der Waals surface area contributed by atoms with Crippen LogP contribution in [0.25, 0.3) is 0 Å². The summed E-state index contributed by atoms with van der Waals surface area (Å²) in [6.07, 6.45) is 1.80. The summed E-state index contributed by atoms with van der Waals surface area (Å²) in [7, 11) is 1.90. The van der Waals surface area contributed by atoms with Crippen molar-refractivity contribution in [3.8, 4) is 0 Å². The van der Waals surface area contributed by atoms with E-state index in [1.54, 1.807) is 6.07 Å². The van der Waals surface area contributed by atoms with Crippen molar-refractivity contribution in [3.63, 3.8) is 0 Å². The zero-order valence-electron chi connectivity index (χ0n) is 7.31. The first-order valence-corrected chi connectivity index (χ1v) is 4.22. The molecule has 0 aliphatic rings. The first-order chi connectivity index (χ1) is 5.84. The van der Waals surface area contributed by atoms with Crippen LogP contribution in [0.2, 0.25) is 0 Å². The van der Waals surface area contributed by atoms with Crippen LogP contribution < -0.4 is 5.32 Å². The van der Waals surface area contributed by atoms with Crippen LogP contribution in [0.4, 0.5) is 4.39 Å². The van der Waals surface area contributed by atoms with E-state index in [0.717, 1.165) is 24.9 Å². The lowest BCUT2D eigenvalue weighted by Crippen LogP contribution is -2.08. The average molecular weight is 167 g/mol. The molecule has 1 N–H and O–H groups in total. The Morgan fingerprint density at radius 2 is 2.08 bits per heavy atom. The molecule has 0 saturated heterocycles. The van der Waals surface area contributed by atoms with Gasteiger partial charge in [-0.3, -0.25) is 0 Å². The van der Waals surface area contributed by atoms with Gasteiger partial charge in [-0.15, -0.1) is 0 Å². The molecule has 0 atom stereocenters. The van der Waals surface area contributed by atoms with E-state index in [-0.39, 0.29) is 5.82 Å². The van der Waals surface area contributed by atoms with Gasteiger partial charge in [-0.25, -0.2) is 4.39 Å². The van der Waals surface area contributed by atoms with Crippen LogP contribution >= 0.6 is 0 Å². The molecule has 0 aliphatic heterocycles. The molecule has 0 aromatic heterocycles. The molecule has 0 spiro atoms. The number of benzene rings is 1. The molecular formula is C10H14FN. The fourth-order valence-electron chi connectivity index (χ4n) is 1.16. The average Bonchev–Trinajstić information content (AvgIpc) is 2.09. The summed E-state index contributed by atoms with van der Waals surface area (Å²) >= 11 is 0. The van der Waals surface area contributed by atoms with Gasteiger partial charge in [0, 0.05) is 0 Å². The summed E-state index contributed by atoms with van der Waals surface area (Å²) in [5, 5.41) is 3.03. The van der Waals surface area contributed by atoms with Gasteiger partial charge >= 0.3 is 0 Å². The summed E-state index contributed by atoms with van der Waals surface area (Å²) in [5.74, 6) is -0.0893. The normalized spacial score (nSPS) is 10.2. The van der Waals surface area contributed by atoms with Crippen molar-refractivity contribution in [3.05, 3.63) is 35.6 Å². The Bertz CT molecular complexity index is 235. The molecule has 66 valence electrons. The highest BCUT2D eigenvalue weighted by atomic mass is 19.1. The maximum Gasteiger partial charge on any atom is 0.126 e. The van der Waals surface area contributed by atoms with Crippen molar-refractivity contribution in [2.45, 2.75) is 12.8 Å². The predicted octanol–water partition coefficient (Wildman–Crippen LogP) is 1.98. The smallest absolute Gasteiger partial charge is 0.126 e. The molecule has 1 aromatic rings. The quantitative estimate of drug-likeness (QED) is 0.676. The fraction of sp³-hybridized carbons (Fsp3) is 0.400. The molecule has 1 nitrogen and oxygen atoms in total. The first kappa shape index (κ1) is 9.20. The summed E-state index contributed by atoms with van der Waals surface area (Å²) < 4.78 is 13.0. The Labute approximate surface area is 72.6 Å². The van der Waals surface area contributed by atoms with Gasteiger partial charge in [0.15, 0.2) is 0 Å². The Balaban J connectivity index is 2.46. The van der Waals surface area contributed by atoms with Crippen LogP contribution in [-0.4, -0.2) is 13.6 Å². The van der Waals surface area contributed by atoms with E-state index in [1.165, 1.54) is 6.07 Å². The van der Waals surface area contributed by atoms with Gasteiger partial charge in [0.2, 0.25) is 0 Å². The highest BCUT2D eigenvalue weighted by molar-refractivity contribution is 5.17. The van der Waals surface area contributed by atoms with E-state index in [1.807, 2.05) is 19.2 Å². The Kier molecular flexibility index (Phi) is 3.74. The molecule has 0 fully saturated rings. The number of rotatable bonds is 4. The van der Waals surface area contributed by atoms with Crippen molar-refractivity contribution < 1.29 is 4.39 Å². The number of halogens is 1. The summed E-state index contributed by atoms with van der Waals surface area (Å²) in [4.78, 5) is 0. The molecule has 0 heterocycles. The van der Waals surface area contributed by atoms with Crippen LogP contribution in [-0.2, 0) is 6.42 Å². The summed E-state index contributed by atoms with van der Waals surface area (Å²) in [6.45, 7) is 0.939. The molecule has 12 heavy (non-hydrogen) atoms.